The molecule has 0 amide bonds. The first-order chi connectivity index (χ1) is 14.6. The fourth-order valence-corrected chi connectivity index (χ4v) is 12.1. The summed E-state index contributed by atoms with van der Waals surface area (Å²) >= 11 is 11.3. The molecule has 0 heterocycles. The molecule has 0 fully saturated rings. The van der Waals surface area contributed by atoms with E-state index >= 15 is 0 Å². The first kappa shape index (κ1) is 21.1. The molecule has 0 saturated heterocycles. The summed E-state index contributed by atoms with van der Waals surface area (Å²) in [6.45, 7) is 0. The number of benzene rings is 4. The van der Waals surface area contributed by atoms with Gasteiger partial charge in [-0.15, -0.1) is 0 Å². The van der Waals surface area contributed by atoms with Gasteiger partial charge in [-0.25, -0.2) is 0 Å². The van der Waals surface area contributed by atoms with Crippen molar-refractivity contribution in [1.29, 1.82) is 0 Å². The van der Waals surface area contributed by atoms with Crippen molar-refractivity contribution < 1.29 is 4.74 Å². The van der Waals surface area contributed by atoms with Crippen molar-refractivity contribution in [3.05, 3.63) is 120 Å². The van der Waals surface area contributed by atoms with E-state index in [0.717, 1.165) is 11.7 Å². The van der Waals surface area contributed by atoms with Crippen LogP contribution in [0.4, 0.5) is 0 Å². The van der Waals surface area contributed by atoms with Gasteiger partial charge >= 0.3 is 192 Å². The van der Waals surface area contributed by atoms with Crippen molar-refractivity contribution in [2.45, 2.75) is 6.16 Å². The van der Waals surface area contributed by atoms with E-state index in [1.54, 1.807) is 7.11 Å². The van der Waals surface area contributed by atoms with Crippen LogP contribution >= 0.6 is 32.4 Å². The number of hydrogen-bond acceptors (Lipinski definition) is 1. The van der Waals surface area contributed by atoms with Gasteiger partial charge in [0.05, 0.1) is 0 Å². The van der Waals surface area contributed by atoms with Crippen LogP contribution < -0.4 is 20.7 Å². The van der Waals surface area contributed by atoms with Crippen LogP contribution in [0.2, 0.25) is 5.02 Å². The molecule has 4 aromatic rings. The molecule has 0 unspecified atom stereocenters. The Labute approximate surface area is 191 Å². The summed E-state index contributed by atoms with van der Waals surface area (Å²) in [6, 6.07) is 38.2. The molecule has 0 spiro atoms. The zero-order valence-corrected chi connectivity index (χ0v) is 19.9. The minimum atomic E-state index is -3.08. The van der Waals surface area contributed by atoms with E-state index in [1.165, 1.54) is 15.9 Å². The molecule has 0 aliphatic carbocycles. The van der Waals surface area contributed by atoms with Gasteiger partial charge in [-0.1, -0.05) is 0 Å². The van der Waals surface area contributed by atoms with E-state index < -0.39 is 5.31 Å². The van der Waals surface area contributed by atoms with Gasteiger partial charge in [0.1, 0.15) is 0 Å². The molecule has 4 heteroatoms. The summed E-state index contributed by atoms with van der Waals surface area (Å²) in [7, 11) is 1.66. The second-order valence-corrected chi connectivity index (χ2v) is 16.6. The Bertz CT molecular complexity index is 1030. The molecule has 0 aliphatic rings. The minimum absolute atomic E-state index is 0.663. The first-order valence-electron chi connectivity index (χ1n) is 9.79. The molecule has 4 rings (SSSR count). The molecule has 152 valence electrons. The Morgan fingerprint density at radius 3 is 1.50 bits per heavy atom. The van der Waals surface area contributed by atoms with Gasteiger partial charge in [0.15, 0.2) is 0 Å². The van der Waals surface area contributed by atoms with Gasteiger partial charge in [0.2, 0.25) is 0 Å². The SMILES string of the molecule is COc1cccc(CP(Br)(c2ccccc2)(c2ccccc2)c2ccccc2)c1Cl. The third-order valence-corrected chi connectivity index (χ3v) is 15.5. The van der Waals surface area contributed by atoms with Crippen LogP contribution in [0, 0.1) is 0 Å². The Balaban J connectivity index is 2.09. The second-order valence-electron chi connectivity index (χ2n) is 7.28. The van der Waals surface area contributed by atoms with Gasteiger partial charge in [0, 0.05) is 0 Å². The monoisotopic (exact) mass is 496 g/mol. The Hall–Kier alpha value is -2.12. The van der Waals surface area contributed by atoms with E-state index in [0.29, 0.717) is 10.8 Å². The van der Waals surface area contributed by atoms with Crippen LogP contribution in [0.5, 0.6) is 5.75 Å². The normalized spacial score (nSPS) is 12.7. The summed E-state index contributed by atoms with van der Waals surface area (Å²) in [4.78, 5) is 0. The third-order valence-electron chi connectivity index (χ3n) is 5.61. The van der Waals surface area contributed by atoms with E-state index in [1.807, 2.05) is 12.1 Å². The van der Waals surface area contributed by atoms with Gasteiger partial charge in [0.25, 0.3) is 0 Å². The maximum absolute atomic E-state index is 6.81. The van der Waals surface area contributed by atoms with E-state index in [2.05, 4.69) is 113 Å². The van der Waals surface area contributed by atoms with Crippen LogP contribution in [0.15, 0.2) is 109 Å². The molecule has 1 nitrogen and oxygen atoms in total. The van der Waals surface area contributed by atoms with E-state index in [9.17, 15) is 0 Å². The fraction of sp³-hybridized carbons (Fsp3) is 0.0769. The maximum atomic E-state index is 6.81. The molecule has 0 aromatic heterocycles. The van der Waals surface area contributed by atoms with Crippen molar-refractivity contribution in [3.63, 3.8) is 0 Å². The molecule has 0 N–H and O–H groups in total. The fourth-order valence-electron chi connectivity index (χ4n) is 4.09. The van der Waals surface area contributed by atoms with Crippen LogP contribution in [-0.4, -0.2) is 7.11 Å². The Morgan fingerprint density at radius 2 is 1.10 bits per heavy atom. The average molecular weight is 498 g/mol. The van der Waals surface area contributed by atoms with Crippen molar-refractivity contribution in [3.8, 4) is 5.75 Å². The molecule has 30 heavy (non-hydrogen) atoms. The topological polar surface area (TPSA) is 9.23 Å². The van der Waals surface area contributed by atoms with Crippen molar-refractivity contribution in [1.82, 2.24) is 0 Å². The van der Waals surface area contributed by atoms with E-state index in [4.69, 9.17) is 16.3 Å². The molecule has 0 atom stereocenters. The molecular formula is C26H23BrClOP. The van der Waals surface area contributed by atoms with Gasteiger partial charge < -0.3 is 0 Å². The van der Waals surface area contributed by atoms with E-state index in [-0.39, 0.29) is 0 Å². The predicted octanol–water partition coefficient (Wildman–Crippen LogP) is 6.69. The van der Waals surface area contributed by atoms with Crippen LogP contribution in [-0.2, 0) is 6.16 Å². The first-order valence-corrected chi connectivity index (χ1v) is 14.6. The number of methoxy groups -OCH3 is 1. The quantitative estimate of drug-likeness (QED) is 0.270. The Morgan fingerprint density at radius 1 is 0.667 bits per heavy atom. The molecule has 0 aliphatic heterocycles. The van der Waals surface area contributed by atoms with Crippen molar-refractivity contribution in [2.75, 3.05) is 7.11 Å². The summed E-state index contributed by atoms with van der Waals surface area (Å²) in [5.74, 6) is 0.695. The third kappa shape index (κ3) is 3.48. The number of rotatable bonds is 6. The number of halogens is 2. The van der Waals surface area contributed by atoms with Gasteiger partial charge in [-0.2, -0.15) is 0 Å². The molecular weight excluding hydrogens is 475 g/mol. The standard InChI is InChI=1S/C26H23BrClOP/c1-29-25-19-11-12-21(26(25)28)20-30(27,22-13-5-2-6-14-22,23-15-7-3-8-16-23)24-17-9-4-10-18-24/h2-19H,20H2,1H3. The zero-order valence-electron chi connectivity index (χ0n) is 16.7. The van der Waals surface area contributed by atoms with Crippen LogP contribution in [0.1, 0.15) is 5.56 Å². The molecule has 0 radical (unpaired) electrons. The average Bonchev–Trinajstić information content (AvgIpc) is 2.82. The molecule has 4 aromatic carbocycles. The molecule has 0 bridgehead atoms. The van der Waals surface area contributed by atoms with Crippen LogP contribution in [0.3, 0.4) is 0 Å². The predicted molar refractivity (Wildman–Crippen MR) is 136 cm³/mol. The van der Waals surface area contributed by atoms with Crippen molar-refractivity contribution in [2.24, 2.45) is 0 Å². The second kappa shape index (κ2) is 8.55. The summed E-state index contributed by atoms with van der Waals surface area (Å²) in [5.41, 5.74) is 1.06. The Kier molecular flexibility index (Phi) is 6.02. The van der Waals surface area contributed by atoms with Crippen molar-refractivity contribution >= 4 is 48.3 Å². The van der Waals surface area contributed by atoms with Crippen LogP contribution in [0.25, 0.3) is 0 Å². The van der Waals surface area contributed by atoms with Gasteiger partial charge in [-0.3, -0.25) is 0 Å². The number of ether oxygens (including phenoxy) is 1. The summed E-state index contributed by atoms with van der Waals surface area (Å²) in [6.07, 6.45) is 0.736. The summed E-state index contributed by atoms with van der Waals surface area (Å²) < 4.78 is 5.52. The summed E-state index contributed by atoms with van der Waals surface area (Å²) in [5, 5.41) is 1.38. The molecule has 0 saturated carbocycles. The van der Waals surface area contributed by atoms with Gasteiger partial charge in [-0.05, 0) is 0 Å². The number of hydrogen-bond donors (Lipinski definition) is 0. The zero-order chi connectivity index (χ0) is 21.1.